The number of fused-ring (bicyclic) bond motifs is 1. The number of hydrogen-bond acceptors (Lipinski definition) is 5. The van der Waals surface area contributed by atoms with Crippen LogP contribution in [0.1, 0.15) is 62.8 Å². The second-order valence-electron chi connectivity index (χ2n) is 11.0. The summed E-state index contributed by atoms with van der Waals surface area (Å²) >= 11 is 0. The van der Waals surface area contributed by atoms with Crippen molar-refractivity contribution in [1.29, 1.82) is 0 Å². The molecule has 3 aromatic rings. The molecule has 1 aliphatic heterocycles. The molecule has 7 nitrogen and oxygen atoms in total. The minimum atomic E-state index is -0.405. The van der Waals surface area contributed by atoms with E-state index in [1.165, 1.54) is 0 Å². The second kappa shape index (κ2) is 9.62. The van der Waals surface area contributed by atoms with Crippen molar-refractivity contribution in [3.05, 3.63) is 71.4 Å². The number of carbonyl (C=O) groups is 1. The fourth-order valence-corrected chi connectivity index (χ4v) is 5.37. The number of ether oxygens (including phenoxy) is 1. The van der Waals surface area contributed by atoms with Crippen molar-refractivity contribution >= 4 is 17.4 Å². The molecular weight excluding hydrogens is 452 g/mol. The number of benzene rings is 2. The van der Waals surface area contributed by atoms with Crippen molar-refractivity contribution in [2.75, 3.05) is 17.3 Å². The smallest absolute Gasteiger partial charge is 0.250 e. The summed E-state index contributed by atoms with van der Waals surface area (Å²) in [6.45, 7) is 6.84. The molecule has 2 aromatic carbocycles. The number of anilines is 2. The third-order valence-corrected chi connectivity index (χ3v) is 7.28. The predicted octanol–water partition coefficient (Wildman–Crippen LogP) is 4.85. The fourth-order valence-electron chi connectivity index (χ4n) is 5.37. The Kier molecular flexibility index (Phi) is 6.51. The lowest BCUT2D eigenvalue weighted by Crippen LogP contribution is -2.48. The number of hydrogen-bond donors (Lipinski definition) is 2. The highest BCUT2D eigenvalue weighted by Gasteiger charge is 2.35. The molecule has 0 spiro atoms. The lowest BCUT2D eigenvalue weighted by Gasteiger charge is -2.35. The molecule has 0 radical (unpaired) electrons. The third-order valence-electron chi connectivity index (χ3n) is 7.28. The van der Waals surface area contributed by atoms with E-state index >= 15 is 0 Å². The number of aliphatic hydroxyl groups excluding tert-OH is 1. The number of nitrogens with one attached hydrogen (secondary N) is 1. The predicted molar refractivity (Wildman–Crippen MR) is 142 cm³/mol. The molecule has 1 aliphatic carbocycles. The molecule has 2 N–H and O–H groups in total. The Hall–Kier alpha value is -3.32. The van der Waals surface area contributed by atoms with Gasteiger partial charge in [0.25, 0.3) is 0 Å². The van der Waals surface area contributed by atoms with Gasteiger partial charge >= 0.3 is 0 Å². The zero-order valence-corrected chi connectivity index (χ0v) is 21.6. The molecule has 1 saturated carbocycles. The summed E-state index contributed by atoms with van der Waals surface area (Å²) in [6.07, 6.45) is 2.85. The topological polar surface area (TPSA) is 79.6 Å². The highest BCUT2D eigenvalue weighted by atomic mass is 16.5. The fraction of sp³-hybridized carbons (Fsp3) is 0.448. The minimum Gasteiger partial charge on any atom is -0.497 e. The van der Waals surface area contributed by atoms with Crippen LogP contribution in [0.2, 0.25) is 0 Å². The molecule has 1 fully saturated rings. The van der Waals surface area contributed by atoms with E-state index in [9.17, 15) is 9.90 Å². The van der Waals surface area contributed by atoms with E-state index in [1.54, 1.807) is 7.11 Å². The van der Waals surface area contributed by atoms with Crippen LogP contribution in [0.5, 0.6) is 5.75 Å². The zero-order valence-electron chi connectivity index (χ0n) is 21.6. The molecule has 0 saturated heterocycles. The van der Waals surface area contributed by atoms with Crippen molar-refractivity contribution < 1.29 is 14.6 Å². The van der Waals surface area contributed by atoms with Crippen LogP contribution in [-0.2, 0) is 23.3 Å². The van der Waals surface area contributed by atoms with Crippen LogP contribution in [0, 0.1) is 0 Å². The largest absolute Gasteiger partial charge is 0.497 e. The SMILES string of the molecule is COc1ccc(CN2C(=O)C(Nc3cc([C@H]4CC[C@@H](O)C4)nn3C(C)(C)C)Cc3ccccc32)cc1. The average Bonchev–Trinajstić information content (AvgIpc) is 3.48. The molecule has 2 aliphatic rings. The molecule has 1 amide bonds. The number of nitrogens with zero attached hydrogens (tertiary/aromatic N) is 3. The molecule has 2 heterocycles. The molecule has 3 atom stereocenters. The number of aliphatic hydroxyl groups is 1. The van der Waals surface area contributed by atoms with Gasteiger partial charge in [0.1, 0.15) is 17.6 Å². The number of carbonyl (C=O) groups excluding carboxylic acids is 1. The standard InChI is InChI=1S/C29H36N4O3/c1-29(2,3)33-27(17-24(31-33)20-11-12-22(34)15-20)30-25-16-21-7-5-6-8-26(21)32(28(25)35)18-19-9-13-23(36-4)14-10-19/h5-10,13-14,17,20,22,25,30,34H,11-12,15-16,18H2,1-4H3/t20-,22+,25?/m0/s1. The summed E-state index contributed by atoms with van der Waals surface area (Å²) in [7, 11) is 1.65. The number of rotatable bonds is 6. The van der Waals surface area contributed by atoms with Gasteiger partial charge in [0, 0.05) is 24.1 Å². The first-order valence-electron chi connectivity index (χ1n) is 12.8. The summed E-state index contributed by atoms with van der Waals surface area (Å²) in [4.78, 5) is 15.7. The molecule has 1 aromatic heterocycles. The van der Waals surface area contributed by atoms with E-state index in [4.69, 9.17) is 9.84 Å². The summed E-state index contributed by atoms with van der Waals surface area (Å²) in [5, 5.41) is 18.6. The minimum absolute atomic E-state index is 0.0454. The summed E-state index contributed by atoms with van der Waals surface area (Å²) < 4.78 is 7.29. The molecule has 1 unspecified atom stereocenters. The van der Waals surface area contributed by atoms with Crippen molar-refractivity contribution in [2.45, 2.75) is 76.6 Å². The summed E-state index contributed by atoms with van der Waals surface area (Å²) in [5.74, 6) is 1.94. The van der Waals surface area contributed by atoms with Gasteiger partial charge in [-0.05, 0) is 69.4 Å². The summed E-state index contributed by atoms with van der Waals surface area (Å²) in [5.41, 5.74) is 3.88. The summed E-state index contributed by atoms with van der Waals surface area (Å²) in [6, 6.07) is 17.7. The maximum atomic E-state index is 13.9. The van der Waals surface area contributed by atoms with Crippen LogP contribution in [0.15, 0.2) is 54.6 Å². The van der Waals surface area contributed by atoms with Gasteiger partial charge in [-0.1, -0.05) is 30.3 Å². The maximum Gasteiger partial charge on any atom is 0.250 e. The van der Waals surface area contributed by atoms with Crippen LogP contribution in [0.4, 0.5) is 11.5 Å². The lowest BCUT2D eigenvalue weighted by atomic mass is 9.96. The monoisotopic (exact) mass is 488 g/mol. The lowest BCUT2D eigenvalue weighted by molar-refractivity contribution is -0.119. The normalized spacial score (nSPS) is 22.0. The molecule has 7 heteroatoms. The first kappa shape index (κ1) is 24.4. The van der Waals surface area contributed by atoms with Crippen molar-refractivity contribution in [2.24, 2.45) is 0 Å². The number of para-hydroxylation sites is 1. The average molecular weight is 489 g/mol. The Morgan fingerprint density at radius 2 is 1.86 bits per heavy atom. The van der Waals surface area contributed by atoms with Gasteiger partial charge in [-0.25, -0.2) is 4.68 Å². The third kappa shape index (κ3) is 4.85. The Labute approximate surface area is 213 Å². The van der Waals surface area contributed by atoms with E-state index in [1.807, 2.05) is 52.0 Å². The van der Waals surface area contributed by atoms with Crippen LogP contribution in [0.3, 0.4) is 0 Å². The Balaban J connectivity index is 1.44. The highest BCUT2D eigenvalue weighted by Crippen LogP contribution is 2.37. The van der Waals surface area contributed by atoms with Gasteiger partial charge in [0.15, 0.2) is 0 Å². The zero-order chi connectivity index (χ0) is 25.4. The van der Waals surface area contributed by atoms with Crippen LogP contribution in [0.25, 0.3) is 0 Å². The van der Waals surface area contributed by atoms with Gasteiger partial charge in [0.2, 0.25) is 5.91 Å². The van der Waals surface area contributed by atoms with Crippen LogP contribution >= 0.6 is 0 Å². The van der Waals surface area contributed by atoms with E-state index in [0.29, 0.717) is 13.0 Å². The van der Waals surface area contributed by atoms with E-state index in [0.717, 1.165) is 53.3 Å². The second-order valence-corrected chi connectivity index (χ2v) is 11.0. The molecule has 36 heavy (non-hydrogen) atoms. The molecule has 5 rings (SSSR count). The van der Waals surface area contributed by atoms with E-state index in [-0.39, 0.29) is 23.5 Å². The van der Waals surface area contributed by atoms with Gasteiger partial charge in [0.05, 0.1) is 31.0 Å². The van der Waals surface area contributed by atoms with E-state index < -0.39 is 6.04 Å². The first-order chi connectivity index (χ1) is 17.2. The van der Waals surface area contributed by atoms with Crippen LogP contribution in [-0.4, -0.2) is 40.0 Å². The van der Waals surface area contributed by atoms with Crippen molar-refractivity contribution in [3.8, 4) is 5.75 Å². The van der Waals surface area contributed by atoms with Crippen LogP contribution < -0.4 is 15.0 Å². The van der Waals surface area contributed by atoms with Crippen molar-refractivity contribution in [1.82, 2.24) is 9.78 Å². The highest BCUT2D eigenvalue weighted by molar-refractivity contribution is 6.01. The molecule has 190 valence electrons. The first-order valence-corrected chi connectivity index (χ1v) is 12.8. The Bertz CT molecular complexity index is 1230. The number of amides is 1. The number of aromatic nitrogens is 2. The maximum absolute atomic E-state index is 13.9. The quantitative estimate of drug-likeness (QED) is 0.519. The van der Waals surface area contributed by atoms with Gasteiger partial charge in [-0.15, -0.1) is 0 Å². The van der Waals surface area contributed by atoms with E-state index in [2.05, 4.69) is 38.2 Å². The Morgan fingerprint density at radius 1 is 1.11 bits per heavy atom. The van der Waals surface area contributed by atoms with Gasteiger partial charge in [-0.3, -0.25) is 4.79 Å². The molecular formula is C29H36N4O3. The van der Waals surface area contributed by atoms with Gasteiger partial charge < -0.3 is 20.1 Å². The number of methoxy groups -OCH3 is 1. The van der Waals surface area contributed by atoms with Gasteiger partial charge in [-0.2, -0.15) is 5.10 Å². The molecule has 0 bridgehead atoms. The Morgan fingerprint density at radius 3 is 2.53 bits per heavy atom. The van der Waals surface area contributed by atoms with Crippen molar-refractivity contribution in [3.63, 3.8) is 0 Å².